The molecule has 0 radical (unpaired) electrons. The Hall–Kier alpha value is -0.0900. The smallest absolute Gasteiger partial charge is 0.0625 e. The molecule has 1 nitrogen and oxygen atoms in total. The van der Waals surface area contributed by atoms with Gasteiger partial charge >= 0.3 is 0 Å². The molecule has 2 heteroatoms. The summed E-state index contributed by atoms with van der Waals surface area (Å²) in [5, 5.41) is 8.80. The Balaban J connectivity index is 2.89. The monoisotopic (exact) mass is 332 g/mol. The first-order chi connectivity index (χ1) is 7.47. The molecule has 0 aromatic rings. The summed E-state index contributed by atoms with van der Waals surface area (Å²) >= 11 is 2.25. The first-order valence-corrected chi connectivity index (χ1v) is 6.90. The van der Waals surface area contributed by atoms with Gasteiger partial charge in [-0.2, -0.15) is 0 Å². The largest absolute Gasteiger partial charge is 0.392 e. The molecule has 0 saturated heterocycles. The highest BCUT2D eigenvalue weighted by Crippen LogP contribution is 2.40. The highest BCUT2D eigenvalue weighted by molar-refractivity contribution is 14.1. The number of aliphatic hydroxyl groups excluding tert-OH is 1. The molecule has 0 saturated carbocycles. The second-order valence-electron chi connectivity index (χ2n) is 5.04. The summed E-state index contributed by atoms with van der Waals surface area (Å²) in [6, 6.07) is 0. The van der Waals surface area contributed by atoms with E-state index in [1.165, 1.54) is 30.4 Å². The van der Waals surface area contributed by atoms with Crippen LogP contribution >= 0.6 is 22.6 Å². The first-order valence-electron chi connectivity index (χ1n) is 5.82. The molecule has 0 amide bonds. The van der Waals surface area contributed by atoms with E-state index in [1.807, 2.05) is 6.08 Å². The van der Waals surface area contributed by atoms with Gasteiger partial charge in [-0.25, -0.2) is 0 Å². The van der Waals surface area contributed by atoms with E-state index in [-0.39, 0.29) is 6.61 Å². The molecule has 1 aliphatic rings. The Morgan fingerprint density at radius 1 is 1.50 bits per heavy atom. The summed E-state index contributed by atoms with van der Waals surface area (Å²) < 4.78 is 1.10. The molecule has 1 aliphatic carbocycles. The summed E-state index contributed by atoms with van der Waals surface area (Å²) in [6.07, 6.45) is 9.95. The van der Waals surface area contributed by atoms with Gasteiger partial charge in [-0.15, -0.1) is 0 Å². The van der Waals surface area contributed by atoms with E-state index >= 15 is 0 Å². The number of halogens is 1. The van der Waals surface area contributed by atoms with Crippen molar-refractivity contribution in [2.45, 2.75) is 40.0 Å². The fourth-order valence-corrected chi connectivity index (χ4v) is 2.71. The molecule has 0 unspecified atom stereocenters. The van der Waals surface area contributed by atoms with Gasteiger partial charge in [0.05, 0.1) is 6.61 Å². The maximum atomic E-state index is 8.80. The zero-order chi connectivity index (χ0) is 12.2. The highest BCUT2D eigenvalue weighted by atomic mass is 127. The molecule has 0 fully saturated rings. The van der Waals surface area contributed by atoms with Crippen molar-refractivity contribution in [3.8, 4) is 0 Å². The van der Waals surface area contributed by atoms with Crippen molar-refractivity contribution in [1.82, 2.24) is 0 Å². The maximum absolute atomic E-state index is 8.80. The van der Waals surface area contributed by atoms with Crippen LogP contribution in [0.2, 0.25) is 0 Å². The molecule has 0 aliphatic heterocycles. The quantitative estimate of drug-likeness (QED) is 0.601. The lowest BCUT2D eigenvalue weighted by atomic mass is 9.73. The van der Waals surface area contributed by atoms with E-state index in [2.05, 4.69) is 55.5 Å². The second-order valence-corrected chi connectivity index (χ2v) is 6.28. The molecule has 16 heavy (non-hydrogen) atoms. The van der Waals surface area contributed by atoms with Crippen LogP contribution in [0.4, 0.5) is 0 Å². The predicted octanol–water partition coefficient (Wildman–Crippen LogP) is 4.38. The van der Waals surface area contributed by atoms with E-state index < -0.39 is 0 Å². The van der Waals surface area contributed by atoms with Crippen molar-refractivity contribution < 1.29 is 5.11 Å². The average molecular weight is 332 g/mol. The average Bonchev–Trinajstić information content (AvgIpc) is 2.16. The normalized spacial score (nSPS) is 21.9. The molecule has 0 spiro atoms. The maximum Gasteiger partial charge on any atom is 0.0625 e. The van der Waals surface area contributed by atoms with Crippen molar-refractivity contribution in [1.29, 1.82) is 0 Å². The van der Waals surface area contributed by atoms with E-state index in [0.29, 0.717) is 5.41 Å². The van der Waals surface area contributed by atoms with Gasteiger partial charge in [-0.3, -0.25) is 0 Å². The van der Waals surface area contributed by atoms with Gasteiger partial charge in [-0.05, 0) is 71.9 Å². The number of aliphatic hydroxyl groups is 1. The minimum atomic E-state index is 0.115. The Kier molecular flexibility index (Phi) is 5.25. The van der Waals surface area contributed by atoms with Crippen LogP contribution in [0.3, 0.4) is 0 Å². The lowest BCUT2D eigenvalue weighted by molar-refractivity contribution is 0.342. The van der Waals surface area contributed by atoms with Crippen LogP contribution in [0.5, 0.6) is 0 Å². The van der Waals surface area contributed by atoms with Gasteiger partial charge in [0, 0.05) is 3.58 Å². The molecular weight excluding hydrogens is 311 g/mol. The molecule has 1 rings (SSSR count). The van der Waals surface area contributed by atoms with Crippen LogP contribution in [0.25, 0.3) is 0 Å². The standard InChI is InChI=1S/C14H21IO/c1-11-5-4-9-14(2,3)13(11)7-6-12(15)8-10-16/h6-8,16H,4-5,9-10H2,1-3H3/b7-6+,12-8-. The number of rotatable bonds is 3. The van der Waals surface area contributed by atoms with Gasteiger partial charge in [-0.1, -0.05) is 25.5 Å². The Bertz CT molecular complexity index is 335. The van der Waals surface area contributed by atoms with Crippen LogP contribution in [0.15, 0.2) is 33.0 Å². The third kappa shape index (κ3) is 3.74. The molecule has 0 aromatic heterocycles. The van der Waals surface area contributed by atoms with Gasteiger partial charge < -0.3 is 5.11 Å². The Labute approximate surface area is 112 Å². The number of allylic oxidation sites excluding steroid dienone is 5. The minimum absolute atomic E-state index is 0.115. The zero-order valence-corrected chi connectivity index (χ0v) is 12.5. The van der Waals surface area contributed by atoms with Crippen LogP contribution in [0, 0.1) is 5.41 Å². The summed E-state index contributed by atoms with van der Waals surface area (Å²) in [5.74, 6) is 0. The van der Waals surface area contributed by atoms with Crippen molar-refractivity contribution in [3.05, 3.63) is 33.0 Å². The lowest BCUT2D eigenvalue weighted by Crippen LogP contribution is -2.18. The van der Waals surface area contributed by atoms with Crippen LogP contribution < -0.4 is 0 Å². The van der Waals surface area contributed by atoms with Crippen molar-refractivity contribution >= 4 is 22.6 Å². The molecule has 0 aromatic carbocycles. The Morgan fingerprint density at radius 2 is 2.19 bits per heavy atom. The van der Waals surface area contributed by atoms with Crippen LogP contribution in [-0.2, 0) is 0 Å². The Morgan fingerprint density at radius 3 is 2.75 bits per heavy atom. The summed E-state index contributed by atoms with van der Waals surface area (Å²) in [6.45, 7) is 6.99. The first kappa shape index (κ1) is 14.0. The summed E-state index contributed by atoms with van der Waals surface area (Å²) in [5.41, 5.74) is 3.29. The van der Waals surface area contributed by atoms with E-state index in [1.54, 1.807) is 0 Å². The van der Waals surface area contributed by atoms with Crippen molar-refractivity contribution in [2.24, 2.45) is 5.41 Å². The molecule has 1 N–H and O–H groups in total. The topological polar surface area (TPSA) is 20.2 Å². The van der Waals surface area contributed by atoms with Gasteiger partial charge in [0.25, 0.3) is 0 Å². The zero-order valence-electron chi connectivity index (χ0n) is 10.4. The molecule has 0 atom stereocenters. The SMILES string of the molecule is CC1=C(/C=C/C(I)=C/CO)C(C)(C)CCC1. The lowest BCUT2D eigenvalue weighted by Gasteiger charge is -2.32. The molecule has 0 bridgehead atoms. The third-order valence-electron chi connectivity index (χ3n) is 3.24. The van der Waals surface area contributed by atoms with Crippen LogP contribution in [-0.4, -0.2) is 11.7 Å². The van der Waals surface area contributed by atoms with Crippen LogP contribution in [0.1, 0.15) is 40.0 Å². The molecule has 90 valence electrons. The minimum Gasteiger partial charge on any atom is -0.392 e. The van der Waals surface area contributed by atoms with Gasteiger partial charge in [0.1, 0.15) is 0 Å². The number of hydrogen-bond acceptors (Lipinski definition) is 1. The van der Waals surface area contributed by atoms with Gasteiger partial charge in [0.15, 0.2) is 0 Å². The fraction of sp³-hybridized carbons (Fsp3) is 0.571. The van der Waals surface area contributed by atoms with Crippen molar-refractivity contribution in [3.63, 3.8) is 0 Å². The predicted molar refractivity (Wildman–Crippen MR) is 78.7 cm³/mol. The van der Waals surface area contributed by atoms with E-state index in [4.69, 9.17) is 5.11 Å². The molecule has 0 heterocycles. The van der Waals surface area contributed by atoms with Gasteiger partial charge in [0.2, 0.25) is 0 Å². The summed E-state index contributed by atoms with van der Waals surface area (Å²) in [4.78, 5) is 0. The highest BCUT2D eigenvalue weighted by Gasteiger charge is 2.26. The van der Waals surface area contributed by atoms with E-state index in [0.717, 1.165) is 3.58 Å². The number of hydrogen-bond donors (Lipinski definition) is 1. The van der Waals surface area contributed by atoms with Crippen molar-refractivity contribution in [2.75, 3.05) is 6.61 Å². The van der Waals surface area contributed by atoms with E-state index in [9.17, 15) is 0 Å². The third-order valence-corrected chi connectivity index (χ3v) is 4.04. The summed E-state index contributed by atoms with van der Waals surface area (Å²) in [7, 11) is 0. The molecular formula is C14H21IO. The fourth-order valence-electron chi connectivity index (χ4n) is 2.33. The second kappa shape index (κ2) is 6.01.